The molecule has 6 heteroatoms. The fourth-order valence-corrected chi connectivity index (χ4v) is 2.78. The number of nitrogens with one attached hydrogen (secondary N) is 1. The molecule has 0 radical (unpaired) electrons. The van der Waals surface area contributed by atoms with E-state index in [0.717, 1.165) is 19.3 Å². The van der Waals surface area contributed by atoms with Gasteiger partial charge in [0.2, 0.25) is 0 Å². The number of unbranched alkanes of at least 4 members (excludes halogenated alkanes) is 2. The predicted molar refractivity (Wildman–Crippen MR) is 98.1 cm³/mol. The molecule has 1 amide bonds. The molecule has 0 aliphatic rings. The summed E-state index contributed by atoms with van der Waals surface area (Å²) in [7, 11) is 0. The molecular formula is C19H20ClN3O2. The Kier molecular flexibility index (Phi) is 5.56. The average Bonchev–Trinajstić information content (AvgIpc) is 3.28. The maximum absolute atomic E-state index is 12.7. The molecule has 0 spiro atoms. The van der Waals surface area contributed by atoms with Crippen LogP contribution in [-0.4, -0.2) is 22.2 Å². The highest BCUT2D eigenvalue weighted by molar-refractivity contribution is 6.32. The first kappa shape index (κ1) is 17.3. The number of aromatic nitrogens is 2. The standard InChI is InChI=1S/C19H20ClN3O2/c1-2-3-6-11-21-19(24)17-13-15(18-10-7-12-25-18)22-23(17)16-9-5-4-8-14(16)20/h4-5,7-10,12-13H,2-3,6,11H2,1H3,(H,21,24). The van der Waals surface area contributed by atoms with Crippen molar-refractivity contribution in [1.29, 1.82) is 0 Å². The normalized spacial score (nSPS) is 10.8. The van der Waals surface area contributed by atoms with E-state index in [-0.39, 0.29) is 5.91 Å². The quantitative estimate of drug-likeness (QED) is 0.623. The van der Waals surface area contributed by atoms with Gasteiger partial charge in [0.05, 0.1) is 17.0 Å². The number of nitrogens with zero attached hydrogens (tertiary/aromatic N) is 2. The van der Waals surface area contributed by atoms with Gasteiger partial charge in [-0.2, -0.15) is 5.10 Å². The Labute approximate surface area is 151 Å². The van der Waals surface area contributed by atoms with Crippen molar-refractivity contribution in [3.05, 3.63) is 59.4 Å². The van der Waals surface area contributed by atoms with Crippen LogP contribution in [0.25, 0.3) is 17.1 Å². The molecule has 0 atom stereocenters. The molecular weight excluding hydrogens is 338 g/mol. The number of amides is 1. The van der Waals surface area contributed by atoms with Crippen LogP contribution in [0.3, 0.4) is 0 Å². The number of hydrogen-bond acceptors (Lipinski definition) is 3. The van der Waals surface area contributed by atoms with Gasteiger partial charge >= 0.3 is 0 Å². The maximum atomic E-state index is 12.7. The van der Waals surface area contributed by atoms with Crippen molar-refractivity contribution in [2.45, 2.75) is 26.2 Å². The molecule has 0 unspecified atom stereocenters. The van der Waals surface area contributed by atoms with Gasteiger partial charge < -0.3 is 9.73 Å². The zero-order valence-electron chi connectivity index (χ0n) is 14.0. The Hall–Kier alpha value is -2.53. The predicted octanol–water partition coefficient (Wildman–Crippen LogP) is 4.71. The molecule has 0 aliphatic carbocycles. The van der Waals surface area contributed by atoms with Gasteiger partial charge in [0.1, 0.15) is 11.4 Å². The van der Waals surface area contributed by atoms with Crippen LogP contribution in [0.15, 0.2) is 53.1 Å². The number of carbonyl (C=O) groups is 1. The van der Waals surface area contributed by atoms with Gasteiger partial charge in [-0.15, -0.1) is 0 Å². The smallest absolute Gasteiger partial charge is 0.270 e. The van der Waals surface area contributed by atoms with Gasteiger partial charge in [0.15, 0.2) is 5.76 Å². The Bertz CT molecular complexity index is 840. The fraction of sp³-hybridized carbons (Fsp3) is 0.263. The minimum Gasteiger partial charge on any atom is -0.463 e. The molecule has 3 rings (SSSR count). The Morgan fingerprint density at radius 1 is 1.24 bits per heavy atom. The summed E-state index contributed by atoms with van der Waals surface area (Å²) in [6, 6.07) is 12.6. The van der Waals surface area contributed by atoms with E-state index in [0.29, 0.717) is 34.4 Å². The molecule has 0 saturated heterocycles. The maximum Gasteiger partial charge on any atom is 0.270 e. The third kappa shape index (κ3) is 3.94. The van der Waals surface area contributed by atoms with Crippen LogP contribution >= 0.6 is 11.6 Å². The van der Waals surface area contributed by atoms with Crippen LogP contribution in [0.2, 0.25) is 5.02 Å². The van der Waals surface area contributed by atoms with E-state index >= 15 is 0 Å². The fourth-order valence-electron chi connectivity index (χ4n) is 2.56. The van der Waals surface area contributed by atoms with Crippen LogP contribution < -0.4 is 5.32 Å². The lowest BCUT2D eigenvalue weighted by molar-refractivity contribution is 0.0945. The summed E-state index contributed by atoms with van der Waals surface area (Å²) in [5.41, 5.74) is 1.67. The van der Waals surface area contributed by atoms with E-state index in [4.69, 9.17) is 16.0 Å². The molecule has 3 aromatic rings. The third-order valence-corrected chi connectivity index (χ3v) is 4.18. The molecule has 0 bridgehead atoms. The molecule has 5 nitrogen and oxygen atoms in total. The van der Waals surface area contributed by atoms with Crippen molar-refractivity contribution in [1.82, 2.24) is 15.1 Å². The van der Waals surface area contributed by atoms with Crippen molar-refractivity contribution in [3.63, 3.8) is 0 Å². The number of para-hydroxylation sites is 1. The van der Waals surface area contributed by atoms with Gasteiger partial charge in [-0.25, -0.2) is 4.68 Å². The Balaban J connectivity index is 1.95. The highest BCUT2D eigenvalue weighted by atomic mass is 35.5. The largest absolute Gasteiger partial charge is 0.463 e. The van der Waals surface area contributed by atoms with Crippen LogP contribution in [0, 0.1) is 0 Å². The van der Waals surface area contributed by atoms with Crippen molar-refractivity contribution in [2.24, 2.45) is 0 Å². The second-order valence-electron chi connectivity index (χ2n) is 5.72. The molecule has 0 aliphatic heterocycles. The van der Waals surface area contributed by atoms with Crippen molar-refractivity contribution >= 4 is 17.5 Å². The zero-order chi connectivity index (χ0) is 17.6. The summed E-state index contributed by atoms with van der Waals surface area (Å²) in [4.78, 5) is 12.7. The van der Waals surface area contributed by atoms with E-state index in [1.165, 1.54) is 0 Å². The molecule has 1 N–H and O–H groups in total. The van der Waals surface area contributed by atoms with Crippen LogP contribution in [0.4, 0.5) is 0 Å². The topological polar surface area (TPSA) is 60.1 Å². The second kappa shape index (κ2) is 8.03. The summed E-state index contributed by atoms with van der Waals surface area (Å²) in [5, 5.41) is 8.00. The molecule has 130 valence electrons. The van der Waals surface area contributed by atoms with E-state index in [9.17, 15) is 4.79 Å². The number of halogens is 1. The third-order valence-electron chi connectivity index (χ3n) is 3.86. The molecule has 2 heterocycles. The molecule has 2 aromatic heterocycles. The minimum atomic E-state index is -0.179. The zero-order valence-corrected chi connectivity index (χ0v) is 14.8. The number of benzene rings is 1. The first-order valence-corrected chi connectivity index (χ1v) is 8.75. The lowest BCUT2D eigenvalue weighted by Gasteiger charge is -2.09. The number of hydrogen-bond donors (Lipinski definition) is 1. The summed E-state index contributed by atoms with van der Waals surface area (Å²) in [6.45, 7) is 2.76. The van der Waals surface area contributed by atoms with Crippen LogP contribution in [0.1, 0.15) is 36.7 Å². The Morgan fingerprint density at radius 2 is 2.08 bits per heavy atom. The van der Waals surface area contributed by atoms with Gasteiger partial charge in [-0.05, 0) is 30.7 Å². The summed E-state index contributed by atoms with van der Waals surface area (Å²) in [5.74, 6) is 0.423. The van der Waals surface area contributed by atoms with Gasteiger partial charge in [0.25, 0.3) is 5.91 Å². The van der Waals surface area contributed by atoms with E-state index in [1.807, 2.05) is 24.3 Å². The monoisotopic (exact) mass is 357 g/mol. The van der Waals surface area contributed by atoms with E-state index in [2.05, 4.69) is 17.3 Å². The first-order chi connectivity index (χ1) is 12.2. The van der Waals surface area contributed by atoms with Crippen LogP contribution in [-0.2, 0) is 0 Å². The van der Waals surface area contributed by atoms with Gasteiger partial charge in [-0.1, -0.05) is 43.5 Å². The molecule has 25 heavy (non-hydrogen) atoms. The van der Waals surface area contributed by atoms with Crippen molar-refractivity contribution in [2.75, 3.05) is 6.54 Å². The lowest BCUT2D eigenvalue weighted by atomic mass is 10.2. The molecule has 1 aromatic carbocycles. The number of furan rings is 1. The molecule has 0 fully saturated rings. The van der Waals surface area contributed by atoms with Gasteiger partial charge in [0, 0.05) is 12.6 Å². The van der Waals surface area contributed by atoms with Crippen LogP contribution in [0.5, 0.6) is 0 Å². The summed E-state index contributed by atoms with van der Waals surface area (Å²) < 4.78 is 6.97. The highest BCUT2D eigenvalue weighted by Crippen LogP contribution is 2.25. The van der Waals surface area contributed by atoms with Crippen molar-refractivity contribution in [3.8, 4) is 17.1 Å². The summed E-state index contributed by atoms with van der Waals surface area (Å²) in [6.07, 6.45) is 4.72. The molecule has 0 saturated carbocycles. The van der Waals surface area contributed by atoms with Crippen molar-refractivity contribution < 1.29 is 9.21 Å². The van der Waals surface area contributed by atoms with Gasteiger partial charge in [-0.3, -0.25) is 4.79 Å². The number of rotatable bonds is 7. The minimum absolute atomic E-state index is 0.179. The highest BCUT2D eigenvalue weighted by Gasteiger charge is 2.19. The Morgan fingerprint density at radius 3 is 2.80 bits per heavy atom. The second-order valence-corrected chi connectivity index (χ2v) is 6.13. The average molecular weight is 358 g/mol. The lowest BCUT2D eigenvalue weighted by Crippen LogP contribution is -2.26. The summed E-state index contributed by atoms with van der Waals surface area (Å²) >= 11 is 6.30. The van der Waals surface area contributed by atoms with E-state index < -0.39 is 0 Å². The van der Waals surface area contributed by atoms with E-state index in [1.54, 1.807) is 29.1 Å². The SMILES string of the molecule is CCCCCNC(=O)c1cc(-c2ccco2)nn1-c1ccccc1Cl. The first-order valence-electron chi connectivity index (χ1n) is 8.37. The number of carbonyl (C=O) groups excluding carboxylic acids is 1.